The fourth-order valence-corrected chi connectivity index (χ4v) is 3.66. The second-order valence-electron chi connectivity index (χ2n) is 4.86. The Morgan fingerprint density at radius 3 is 2.48 bits per heavy atom. The Morgan fingerprint density at radius 1 is 1.14 bits per heavy atom. The van der Waals surface area contributed by atoms with Gasteiger partial charge in [0.15, 0.2) is 0 Å². The van der Waals surface area contributed by atoms with E-state index >= 15 is 0 Å². The van der Waals surface area contributed by atoms with Crippen LogP contribution in [0, 0.1) is 13.8 Å². The lowest BCUT2D eigenvalue weighted by molar-refractivity contribution is 0.600. The van der Waals surface area contributed by atoms with Gasteiger partial charge in [-0.3, -0.25) is 4.72 Å². The van der Waals surface area contributed by atoms with Crippen molar-refractivity contribution in [2.75, 3.05) is 4.72 Å². The molecular weight excluding hydrogens is 308 g/mol. The minimum absolute atomic E-state index is 0.230. The van der Waals surface area contributed by atoms with Crippen molar-refractivity contribution in [3.05, 3.63) is 58.1 Å². The molecule has 2 rings (SSSR count). The third-order valence-corrected chi connectivity index (χ3v) is 4.98. The summed E-state index contributed by atoms with van der Waals surface area (Å²) in [7, 11) is -3.67. The molecule has 0 aromatic heterocycles. The average Bonchev–Trinajstić information content (AvgIpc) is 2.37. The summed E-state index contributed by atoms with van der Waals surface area (Å²) in [5.74, 6) is 0. The van der Waals surface area contributed by atoms with Crippen molar-refractivity contribution in [2.24, 2.45) is 5.73 Å². The van der Waals surface area contributed by atoms with Crippen molar-refractivity contribution >= 4 is 27.3 Å². The maximum absolute atomic E-state index is 12.5. The van der Waals surface area contributed by atoms with Gasteiger partial charge in [-0.2, -0.15) is 0 Å². The molecule has 21 heavy (non-hydrogen) atoms. The third-order valence-electron chi connectivity index (χ3n) is 3.22. The van der Waals surface area contributed by atoms with Crippen LogP contribution in [0.15, 0.2) is 41.3 Å². The SMILES string of the molecule is Cc1cc(C)c(S(=O)(=O)Nc2cccc(Cl)c2)cc1CN. The van der Waals surface area contributed by atoms with Gasteiger partial charge in [0, 0.05) is 11.6 Å². The molecule has 0 heterocycles. The summed E-state index contributed by atoms with van der Waals surface area (Å²) < 4.78 is 27.6. The van der Waals surface area contributed by atoms with Crippen LogP contribution in [0.5, 0.6) is 0 Å². The minimum atomic E-state index is -3.67. The van der Waals surface area contributed by atoms with E-state index in [-0.39, 0.29) is 4.90 Å². The van der Waals surface area contributed by atoms with Gasteiger partial charge in [0.2, 0.25) is 0 Å². The number of sulfonamides is 1. The lowest BCUT2D eigenvalue weighted by atomic mass is 10.1. The van der Waals surface area contributed by atoms with Gasteiger partial charge in [0.25, 0.3) is 10.0 Å². The first-order chi connectivity index (χ1) is 9.83. The first-order valence-corrected chi connectivity index (χ1v) is 8.28. The summed E-state index contributed by atoms with van der Waals surface area (Å²) in [4.78, 5) is 0.230. The Hall–Kier alpha value is -1.56. The first-order valence-electron chi connectivity index (χ1n) is 6.42. The van der Waals surface area contributed by atoms with E-state index in [1.807, 2.05) is 13.0 Å². The Morgan fingerprint density at radius 2 is 1.86 bits per heavy atom. The van der Waals surface area contributed by atoms with Crippen LogP contribution in [0.3, 0.4) is 0 Å². The summed E-state index contributed by atoms with van der Waals surface area (Å²) >= 11 is 5.87. The molecule has 4 nitrogen and oxygen atoms in total. The standard InChI is InChI=1S/C15H17ClN2O2S/c1-10-6-11(2)15(7-12(10)9-17)21(19,20)18-14-5-3-4-13(16)8-14/h3-8,18H,9,17H2,1-2H3. The van der Waals surface area contributed by atoms with Crippen molar-refractivity contribution in [3.8, 4) is 0 Å². The van der Waals surface area contributed by atoms with Crippen molar-refractivity contribution in [1.82, 2.24) is 0 Å². The predicted molar refractivity (Wildman–Crippen MR) is 86.1 cm³/mol. The zero-order valence-electron chi connectivity index (χ0n) is 11.9. The molecule has 0 spiro atoms. The summed E-state index contributed by atoms with van der Waals surface area (Å²) in [6.07, 6.45) is 0. The minimum Gasteiger partial charge on any atom is -0.326 e. The normalized spacial score (nSPS) is 11.4. The van der Waals surface area contributed by atoms with Gasteiger partial charge in [-0.05, 0) is 54.8 Å². The number of anilines is 1. The first kappa shape index (κ1) is 15.8. The number of hydrogen-bond donors (Lipinski definition) is 2. The molecule has 3 N–H and O–H groups in total. The average molecular weight is 325 g/mol. The summed E-state index contributed by atoms with van der Waals surface area (Å²) in [5.41, 5.74) is 8.56. The highest BCUT2D eigenvalue weighted by molar-refractivity contribution is 7.92. The van der Waals surface area contributed by atoms with Crippen LogP contribution in [0.25, 0.3) is 0 Å². The Kier molecular flexibility index (Phi) is 4.56. The highest BCUT2D eigenvalue weighted by Gasteiger charge is 2.18. The molecule has 0 aliphatic heterocycles. The van der Waals surface area contributed by atoms with E-state index in [4.69, 9.17) is 17.3 Å². The number of aryl methyl sites for hydroxylation is 2. The topological polar surface area (TPSA) is 72.2 Å². The van der Waals surface area contributed by atoms with Crippen molar-refractivity contribution in [2.45, 2.75) is 25.3 Å². The number of benzene rings is 2. The highest BCUT2D eigenvalue weighted by Crippen LogP contribution is 2.24. The number of halogens is 1. The lowest BCUT2D eigenvalue weighted by Crippen LogP contribution is -2.15. The van der Waals surface area contributed by atoms with Crippen LogP contribution in [-0.2, 0) is 16.6 Å². The lowest BCUT2D eigenvalue weighted by Gasteiger charge is -2.13. The van der Waals surface area contributed by atoms with E-state index in [0.717, 1.165) is 11.1 Å². The molecule has 0 saturated carbocycles. The van der Waals surface area contributed by atoms with Gasteiger partial charge >= 0.3 is 0 Å². The molecule has 2 aromatic carbocycles. The molecule has 0 atom stereocenters. The van der Waals surface area contributed by atoms with Crippen molar-refractivity contribution in [3.63, 3.8) is 0 Å². The zero-order chi connectivity index (χ0) is 15.6. The molecular formula is C15H17ClN2O2S. The molecule has 0 aliphatic rings. The van der Waals surface area contributed by atoms with Crippen molar-refractivity contribution < 1.29 is 8.42 Å². The second kappa shape index (κ2) is 6.05. The van der Waals surface area contributed by atoms with Crippen LogP contribution >= 0.6 is 11.6 Å². The van der Waals surface area contributed by atoms with Crippen LogP contribution in [-0.4, -0.2) is 8.42 Å². The van der Waals surface area contributed by atoms with E-state index in [1.54, 1.807) is 37.3 Å². The van der Waals surface area contributed by atoms with Gasteiger partial charge in [0.1, 0.15) is 0 Å². The highest BCUT2D eigenvalue weighted by atomic mass is 35.5. The van der Waals surface area contributed by atoms with Gasteiger partial charge in [-0.15, -0.1) is 0 Å². The largest absolute Gasteiger partial charge is 0.326 e. The molecule has 112 valence electrons. The Balaban J connectivity index is 2.44. The zero-order valence-corrected chi connectivity index (χ0v) is 13.4. The Labute approximate surface area is 130 Å². The van der Waals surface area contributed by atoms with E-state index in [0.29, 0.717) is 22.8 Å². The summed E-state index contributed by atoms with van der Waals surface area (Å²) in [6.45, 7) is 3.97. The maximum Gasteiger partial charge on any atom is 0.262 e. The predicted octanol–water partition coefficient (Wildman–Crippen LogP) is 3.22. The quantitative estimate of drug-likeness (QED) is 0.907. The molecule has 0 amide bonds. The molecule has 0 fully saturated rings. The van der Waals surface area contributed by atoms with Gasteiger partial charge in [-0.25, -0.2) is 8.42 Å². The second-order valence-corrected chi connectivity index (χ2v) is 6.95. The van der Waals surface area contributed by atoms with E-state index in [9.17, 15) is 8.42 Å². The van der Waals surface area contributed by atoms with Gasteiger partial charge in [0.05, 0.1) is 10.6 Å². The fraction of sp³-hybridized carbons (Fsp3) is 0.200. The molecule has 2 aromatic rings. The molecule has 6 heteroatoms. The molecule has 0 radical (unpaired) electrons. The molecule has 0 unspecified atom stereocenters. The third kappa shape index (κ3) is 3.56. The van der Waals surface area contributed by atoms with Crippen LogP contribution in [0.1, 0.15) is 16.7 Å². The van der Waals surface area contributed by atoms with Gasteiger partial charge < -0.3 is 5.73 Å². The number of nitrogens with one attached hydrogen (secondary N) is 1. The molecule has 0 aliphatic carbocycles. The number of hydrogen-bond acceptors (Lipinski definition) is 3. The Bertz CT molecular complexity index is 773. The number of rotatable bonds is 4. The monoisotopic (exact) mass is 324 g/mol. The van der Waals surface area contributed by atoms with Crippen molar-refractivity contribution in [1.29, 1.82) is 0 Å². The number of nitrogens with two attached hydrogens (primary N) is 1. The summed E-state index contributed by atoms with van der Waals surface area (Å²) in [5, 5.41) is 0.471. The summed E-state index contributed by atoms with van der Waals surface area (Å²) in [6, 6.07) is 10.0. The van der Waals surface area contributed by atoms with E-state index in [1.165, 1.54) is 0 Å². The maximum atomic E-state index is 12.5. The van der Waals surface area contributed by atoms with Crippen LogP contribution in [0.4, 0.5) is 5.69 Å². The van der Waals surface area contributed by atoms with Crippen LogP contribution in [0.2, 0.25) is 5.02 Å². The smallest absolute Gasteiger partial charge is 0.262 e. The van der Waals surface area contributed by atoms with E-state index in [2.05, 4.69) is 4.72 Å². The molecule has 0 saturated heterocycles. The fourth-order valence-electron chi connectivity index (χ4n) is 2.15. The molecule has 0 bridgehead atoms. The van der Waals surface area contributed by atoms with E-state index < -0.39 is 10.0 Å². The van der Waals surface area contributed by atoms with Gasteiger partial charge in [-0.1, -0.05) is 23.7 Å². The van der Waals surface area contributed by atoms with Crippen LogP contribution < -0.4 is 10.5 Å².